The van der Waals surface area contributed by atoms with E-state index in [9.17, 15) is 9.59 Å². The Hall–Kier alpha value is -2.78. The van der Waals surface area contributed by atoms with E-state index in [0.29, 0.717) is 31.8 Å². The van der Waals surface area contributed by atoms with Crippen LogP contribution in [0.3, 0.4) is 0 Å². The Balaban J connectivity index is 1.35. The van der Waals surface area contributed by atoms with Crippen molar-refractivity contribution in [3.8, 4) is 0 Å². The third-order valence-corrected chi connectivity index (χ3v) is 5.80. The molecule has 0 spiro atoms. The second-order valence-electron chi connectivity index (χ2n) is 7.13. The molecule has 4 heterocycles. The number of pyridine rings is 1. The molecule has 0 aliphatic carbocycles. The van der Waals surface area contributed by atoms with Crippen molar-refractivity contribution in [2.45, 2.75) is 26.4 Å². The summed E-state index contributed by atoms with van der Waals surface area (Å²) in [5, 5.41) is 5.87. The van der Waals surface area contributed by atoms with Crippen LogP contribution in [0.4, 0.5) is 0 Å². The summed E-state index contributed by atoms with van der Waals surface area (Å²) in [6.45, 7) is 5.40. The van der Waals surface area contributed by atoms with Gasteiger partial charge in [-0.2, -0.15) is 0 Å². The standard InChI is InChI=1S/C20H23N5O3S/c1-13-3-4-17-23-15(10-25(17)9-13)20(27)24-7-8-28-16(11-24)19(26)21-6-5-18-22-14(2)12-29-18/h3-4,9-10,12,16H,5-8,11H2,1-2H3,(H,21,26). The van der Waals surface area contributed by atoms with Crippen molar-refractivity contribution < 1.29 is 14.3 Å². The maximum atomic E-state index is 12.9. The van der Waals surface area contributed by atoms with Crippen LogP contribution in [-0.4, -0.2) is 63.4 Å². The molecule has 29 heavy (non-hydrogen) atoms. The molecule has 1 fully saturated rings. The van der Waals surface area contributed by atoms with E-state index < -0.39 is 6.10 Å². The fourth-order valence-corrected chi connectivity index (χ4v) is 4.06. The van der Waals surface area contributed by atoms with Gasteiger partial charge in [-0.15, -0.1) is 11.3 Å². The molecule has 1 aliphatic heterocycles. The van der Waals surface area contributed by atoms with Crippen LogP contribution in [0.15, 0.2) is 29.9 Å². The highest BCUT2D eigenvalue weighted by Gasteiger charge is 2.30. The van der Waals surface area contributed by atoms with Crippen LogP contribution >= 0.6 is 11.3 Å². The topological polar surface area (TPSA) is 88.8 Å². The number of fused-ring (bicyclic) bond motifs is 1. The zero-order valence-corrected chi connectivity index (χ0v) is 17.2. The smallest absolute Gasteiger partial charge is 0.274 e. The van der Waals surface area contributed by atoms with Crippen molar-refractivity contribution in [3.05, 3.63) is 51.9 Å². The highest BCUT2D eigenvalue weighted by Crippen LogP contribution is 2.13. The Kier molecular flexibility index (Phi) is 5.59. The summed E-state index contributed by atoms with van der Waals surface area (Å²) in [4.78, 5) is 35.8. The minimum Gasteiger partial charge on any atom is -0.365 e. The van der Waals surface area contributed by atoms with Crippen LogP contribution in [0.2, 0.25) is 0 Å². The summed E-state index contributed by atoms with van der Waals surface area (Å²) in [5.74, 6) is -0.396. The maximum absolute atomic E-state index is 12.9. The summed E-state index contributed by atoms with van der Waals surface area (Å²) in [6.07, 6.45) is 3.66. The number of amides is 2. The van der Waals surface area contributed by atoms with E-state index in [1.807, 2.05) is 42.0 Å². The number of rotatable bonds is 5. The molecule has 3 aromatic heterocycles. The molecule has 1 unspecified atom stereocenters. The molecule has 1 N–H and O–H groups in total. The Morgan fingerprint density at radius 2 is 2.14 bits per heavy atom. The Morgan fingerprint density at radius 1 is 1.28 bits per heavy atom. The predicted octanol–water partition coefficient (Wildman–Crippen LogP) is 1.61. The number of carbonyl (C=O) groups is 2. The van der Waals surface area contributed by atoms with E-state index in [4.69, 9.17) is 4.74 Å². The molecule has 152 valence electrons. The van der Waals surface area contributed by atoms with Crippen molar-refractivity contribution in [1.29, 1.82) is 0 Å². The van der Waals surface area contributed by atoms with Gasteiger partial charge in [0.05, 0.1) is 18.2 Å². The number of hydrogen-bond acceptors (Lipinski definition) is 6. The van der Waals surface area contributed by atoms with E-state index in [2.05, 4.69) is 15.3 Å². The zero-order valence-electron chi connectivity index (χ0n) is 16.4. The molecular formula is C20H23N5O3S. The average Bonchev–Trinajstić information content (AvgIpc) is 3.33. The van der Waals surface area contributed by atoms with Crippen LogP contribution in [0.25, 0.3) is 5.65 Å². The van der Waals surface area contributed by atoms with E-state index in [0.717, 1.165) is 21.9 Å². The molecular weight excluding hydrogens is 390 g/mol. The lowest BCUT2D eigenvalue weighted by atomic mass is 10.2. The second kappa shape index (κ2) is 8.30. The quantitative estimate of drug-likeness (QED) is 0.687. The van der Waals surface area contributed by atoms with Gasteiger partial charge in [0.15, 0.2) is 6.10 Å². The number of carbonyl (C=O) groups excluding carboxylic acids is 2. The SMILES string of the molecule is Cc1ccc2nc(C(=O)N3CCOC(C(=O)NCCc4nc(C)cs4)C3)cn2c1. The van der Waals surface area contributed by atoms with Gasteiger partial charge in [0.1, 0.15) is 11.3 Å². The van der Waals surface area contributed by atoms with Crippen molar-refractivity contribution in [1.82, 2.24) is 24.6 Å². The molecule has 9 heteroatoms. The van der Waals surface area contributed by atoms with Gasteiger partial charge in [0.2, 0.25) is 0 Å². The average molecular weight is 414 g/mol. The molecule has 0 saturated carbocycles. The number of thiazole rings is 1. The van der Waals surface area contributed by atoms with E-state index >= 15 is 0 Å². The minimum atomic E-state index is -0.676. The van der Waals surface area contributed by atoms with Crippen LogP contribution in [0.1, 0.15) is 26.8 Å². The monoisotopic (exact) mass is 413 g/mol. The van der Waals surface area contributed by atoms with E-state index in [1.165, 1.54) is 0 Å². The van der Waals surface area contributed by atoms with Crippen molar-refractivity contribution >= 4 is 28.8 Å². The summed E-state index contributed by atoms with van der Waals surface area (Å²) in [5.41, 5.74) is 3.17. The van der Waals surface area contributed by atoms with Crippen LogP contribution in [0.5, 0.6) is 0 Å². The molecule has 8 nitrogen and oxygen atoms in total. The number of aromatic nitrogens is 3. The predicted molar refractivity (Wildman–Crippen MR) is 109 cm³/mol. The summed E-state index contributed by atoms with van der Waals surface area (Å²) < 4.78 is 7.43. The van der Waals surface area contributed by atoms with Gasteiger partial charge in [-0.1, -0.05) is 6.07 Å². The van der Waals surface area contributed by atoms with Crippen molar-refractivity contribution in [3.63, 3.8) is 0 Å². The van der Waals surface area contributed by atoms with Gasteiger partial charge in [-0.3, -0.25) is 9.59 Å². The fourth-order valence-electron chi connectivity index (χ4n) is 3.28. The third-order valence-electron chi connectivity index (χ3n) is 4.77. The lowest BCUT2D eigenvalue weighted by Gasteiger charge is -2.31. The molecule has 3 aromatic rings. The van der Waals surface area contributed by atoms with Crippen LogP contribution in [0, 0.1) is 13.8 Å². The summed E-state index contributed by atoms with van der Waals surface area (Å²) >= 11 is 1.59. The van der Waals surface area contributed by atoms with Gasteiger partial charge in [-0.05, 0) is 25.5 Å². The molecule has 1 saturated heterocycles. The third kappa shape index (κ3) is 4.46. The number of imidazole rings is 1. The van der Waals surface area contributed by atoms with Gasteiger partial charge in [0, 0.05) is 43.0 Å². The fraction of sp³-hybridized carbons (Fsp3) is 0.400. The molecule has 0 bridgehead atoms. The second-order valence-corrected chi connectivity index (χ2v) is 8.07. The molecule has 1 aliphatic rings. The Morgan fingerprint density at radius 3 is 2.93 bits per heavy atom. The van der Waals surface area contributed by atoms with Crippen molar-refractivity contribution in [2.24, 2.45) is 0 Å². The highest BCUT2D eigenvalue weighted by molar-refractivity contribution is 7.09. The number of nitrogens with zero attached hydrogens (tertiary/aromatic N) is 4. The molecule has 0 radical (unpaired) electrons. The number of ether oxygens (including phenoxy) is 1. The lowest BCUT2D eigenvalue weighted by molar-refractivity contribution is -0.137. The Labute approximate surface area is 172 Å². The first kappa shape index (κ1) is 19.5. The van der Waals surface area contributed by atoms with Gasteiger partial charge < -0.3 is 19.4 Å². The first-order valence-corrected chi connectivity index (χ1v) is 10.4. The highest BCUT2D eigenvalue weighted by atomic mass is 32.1. The number of nitrogens with one attached hydrogen (secondary N) is 1. The summed E-state index contributed by atoms with van der Waals surface area (Å²) in [7, 11) is 0. The largest absolute Gasteiger partial charge is 0.365 e. The van der Waals surface area contributed by atoms with Gasteiger partial charge >= 0.3 is 0 Å². The first-order chi connectivity index (χ1) is 14.0. The van der Waals surface area contributed by atoms with Crippen LogP contribution < -0.4 is 5.32 Å². The lowest BCUT2D eigenvalue weighted by Crippen LogP contribution is -2.51. The van der Waals surface area contributed by atoms with E-state index in [-0.39, 0.29) is 18.4 Å². The van der Waals surface area contributed by atoms with Gasteiger partial charge in [0.25, 0.3) is 11.8 Å². The number of morpholine rings is 1. The number of aryl methyl sites for hydroxylation is 2. The first-order valence-electron chi connectivity index (χ1n) is 9.54. The maximum Gasteiger partial charge on any atom is 0.274 e. The van der Waals surface area contributed by atoms with Gasteiger partial charge in [-0.25, -0.2) is 9.97 Å². The normalized spacial score (nSPS) is 16.9. The zero-order chi connectivity index (χ0) is 20.4. The summed E-state index contributed by atoms with van der Waals surface area (Å²) in [6, 6.07) is 3.84. The molecule has 0 aromatic carbocycles. The van der Waals surface area contributed by atoms with Crippen LogP contribution in [-0.2, 0) is 16.0 Å². The molecule has 4 rings (SSSR count). The number of hydrogen-bond donors (Lipinski definition) is 1. The Bertz CT molecular complexity index is 1040. The van der Waals surface area contributed by atoms with E-state index in [1.54, 1.807) is 22.4 Å². The minimum absolute atomic E-state index is 0.189. The molecule has 1 atom stereocenters. The molecule has 2 amide bonds. The van der Waals surface area contributed by atoms with Crippen molar-refractivity contribution in [2.75, 3.05) is 26.2 Å².